The highest BCUT2D eigenvalue weighted by Gasteiger charge is 2.39. The summed E-state index contributed by atoms with van der Waals surface area (Å²) in [6, 6.07) is 7.29. The fourth-order valence-electron chi connectivity index (χ4n) is 5.14. The van der Waals surface area contributed by atoms with Gasteiger partial charge in [0.2, 0.25) is 0 Å². The van der Waals surface area contributed by atoms with E-state index in [1.54, 1.807) is 12.1 Å². The average molecular weight is 545 g/mol. The van der Waals surface area contributed by atoms with Crippen LogP contribution in [-0.4, -0.2) is 75.4 Å². The van der Waals surface area contributed by atoms with Crippen molar-refractivity contribution in [3.63, 3.8) is 0 Å². The van der Waals surface area contributed by atoms with Gasteiger partial charge in [0.15, 0.2) is 5.96 Å². The minimum absolute atomic E-state index is 0. The molecule has 3 saturated heterocycles. The molecule has 0 radical (unpaired) electrons. The normalized spacial score (nSPS) is 22.8. The van der Waals surface area contributed by atoms with Crippen molar-refractivity contribution in [3.05, 3.63) is 30.1 Å². The lowest BCUT2D eigenvalue weighted by molar-refractivity contribution is -0.0164. The molecule has 0 aromatic heterocycles. The van der Waals surface area contributed by atoms with Crippen molar-refractivity contribution >= 4 is 35.6 Å². The van der Waals surface area contributed by atoms with E-state index in [4.69, 9.17) is 4.74 Å². The summed E-state index contributed by atoms with van der Waals surface area (Å²) in [4.78, 5) is 9.43. The van der Waals surface area contributed by atoms with E-state index in [1.165, 1.54) is 32.0 Å². The second kappa shape index (κ2) is 11.7. The number of halogens is 2. The Bertz CT molecular complexity index is 714. The van der Waals surface area contributed by atoms with Crippen LogP contribution < -0.4 is 15.5 Å². The molecule has 174 valence electrons. The Hall–Kier alpha value is -1.13. The van der Waals surface area contributed by atoms with Gasteiger partial charge in [0, 0.05) is 57.2 Å². The lowest BCUT2D eigenvalue weighted by atomic mass is 9.88. The van der Waals surface area contributed by atoms with E-state index in [2.05, 4.69) is 25.4 Å². The van der Waals surface area contributed by atoms with Gasteiger partial charge in [-0.15, -0.1) is 24.0 Å². The molecular weight excluding hydrogens is 508 g/mol. The quantitative estimate of drug-likeness (QED) is 0.338. The van der Waals surface area contributed by atoms with E-state index in [-0.39, 0.29) is 35.3 Å². The van der Waals surface area contributed by atoms with Crippen molar-refractivity contribution in [2.45, 2.75) is 50.1 Å². The van der Waals surface area contributed by atoms with Gasteiger partial charge in [0.1, 0.15) is 5.82 Å². The largest absolute Gasteiger partial charge is 0.381 e. The molecule has 1 aromatic rings. The third-order valence-corrected chi connectivity index (χ3v) is 7.02. The van der Waals surface area contributed by atoms with Crippen LogP contribution in [0.4, 0.5) is 10.1 Å². The number of rotatable bonds is 5. The summed E-state index contributed by atoms with van der Waals surface area (Å²) in [7, 11) is 1.85. The smallest absolute Gasteiger partial charge is 0.191 e. The van der Waals surface area contributed by atoms with E-state index in [9.17, 15) is 4.39 Å². The molecule has 8 heteroatoms. The Balaban J connectivity index is 0.00000272. The number of nitrogens with one attached hydrogen (secondary N) is 2. The molecule has 4 rings (SSSR count). The molecule has 0 unspecified atom stereocenters. The van der Waals surface area contributed by atoms with Crippen LogP contribution in [0.15, 0.2) is 29.3 Å². The Kier molecular flexibility index (Phi) is 9.21. The van der Waals surface area contributed by atoms with Gasteiger partial charge in [-0.3, -0.25) is 9.89 Å². The molecule has 3 heterocycles. The third-order valence-electron chi connectivity index (χ3n) is 7.02. The molecular formula is C23H37FIN5O. The monoisotopic (exact) mass is 545 g/mol. The summed E-state index contributed by atoms with van der Waals surface area (Å²) < 4.78 is 19.2. The molecule has 0 saturated carbocycles. The first-order chi connectivity index (χ1) is 14.7. The van der Waals surface area contributed by atoms with Crippen molar-refractivity contribution < 1.29 is 9.13 Å². The fourth-order valence-corrected chi connectivity index (χ4v) is 5.14. The number of piperidine rings is 1. The summed E-state index contributed by atoms with van der Waals surface area (Å²) in [6.07, 6.45) is 6.82. The zero-order valence-electron chi connectivity index (χ0n) is 18.6. The predicted molar refractivity (Wildman–Crippen MR) is 135 cm³/mol. The summed E-state index contributed by atoms with van der Waals surface area (Å²) in [5.41, 5.74) is 1.16. The van der Waals surface area contributed by atoms with Gasteiger partial charge in [0.25, 0.3) is 0 Å². The minimum atomic E-state index is -0.169. The minimum Gasteiger partial charge on any atom is -0.381 e. The number of aliphatic imine (C=N–C) groups is 1. The molecule has 0 bridgehead atoms. The van der Waals surface area contributed by atoms with Crippen molar-refractivity contribution in [1.82, 2.24) is 15.5 Å². The maximum atomic E-state index is 13.5. The van der Waals surface area contributed by atoms with Gasteiger partial charge in [-0.25, -0.2) is 4.39 Å². The van der Waals surface area contributed by atoms with Crippen molar-refractivity contribution in [3.8, 4) is 0 Å². The maximum Gasteiger partial charge on any atom is 0.191 e. The fraction of sp³-hybridized carbons (Fsp3) is 0.696. The molecule has 0 amide bonds. The molecule has 2 N–H and O–H groups in total. The molecule has 0 spiro atoms. The number of likely N-dealkylation sites (tertiary alicyclic amines) is 1. The second-order valence-corrected chi connectivity index (χ2v) is 8.84. The van der Waals surface area contributed by atoms with Crippen LogP contribution in [0, 0.1) is 5.82 Å². The van der Waals surface area contributed by atoms with Gasteiger partial charge in [-0.2, -0.15) is 0 Å². The van der Waals surface area contributed by atoms with E-state index in [0.29, 0.717) is 6.04 Å². The highest BCUT2D eigenvalue weighted by molar-refractivity contribution is 14.0. The van der Waals surface area contributed by atoms with Crippen molar-refractivity contribution in [2.75, 3.05) is 57.9 Å². The number of anilines is 1. The number of ether oxygens (including phenoxy) is 1. The van der Waals surface area contributed by atoms with E-state index in [0.717, 1.165) is 70.2 Å². The van der Waals surface area contributed by atoms with Crippen LogP contribution in [0.25, 0.3) is 0 Å². The first kappa shape index (κ1) is 24.5. The summed E-state index contributed by atoms with van der Waals surface area (Å²) in [5.74, 6) is 0.724. The van der Waals surface area contributed by atoms with Gasteiger partial charge in [-0.05, 0) is 69.8 Å². The topological polar surface area (TPSA) is 52.1 Å². The summed E-state index contributed by atoms with van der Waals surface area (Å²) >= 11 is 0. The highest BCUT2D eigenvalue weighted by Crippen LogP contribution is 2.30. The first-order valence-electron chi connectivity index (χ1n) is 11.5. The zero-order valence-corrected chi connectivity index (χ0v) is 20.9. The number of hydrogen-bond donors (Lipinski definition) is 2. The van der Waals surface area contributed by atoms with Gasteiger partial charge >= 0.3 is 0 Å². The lowest BCUT2D eigenvalue weighted by Crippen LogP contribution is -2.59. The van der Waals surface area contributed by atoms with Crippen LogP contribution >= 0.6 is 24.0 Å². The molecule has 3 aliphatic rings. The number of hydrogen-bond acceptors (Lipinski definition) is 4. The Labute approximate surface area is 203 Å². The molecule has 1 aromatic carbocycles. The molecule has 6 nitrogen and oxygen atoms in total. The van der Waals surface area contributed by atoms with E-state index < -0.39 is 0 Å². The third kappa shape index (κ3) is 6.22. The summed E-state index contributed by atoms with van der Waals surface area (Å²) in [5, 5.41) is 7.26. The molecule has 3 fully saturated rings. The molecule has 0 atom stereocenters. The lowest BCUT2D eigenvalue weighted by Gasteiger charge is -2.45. The maximum absolute atomic E-state index is 13.5. The standard InChI is InChI=1S/C23H36FN5O.HI/c1-25-22(26-18-23(9-15-30-16-10-23)29-11-2-3-12-29)27-20-7-13-28(14-8-20)21-6-4-5-19(24)17-21;/h4-6,17,20H,2-3,7-16,18H2,1H3,(H2,25,26,27);1H. The average Bonchev–Trinajstić information content (AvgIpc) is 3.33. The molecule has 31 heavy (non-hydrogen) atoms. The number of nitrogens with zero attached hydrogens (tertiary/aromatic N) is 3. The number of guanidine groups is 1. The zero-order chi connectivity index (χ0) is 20.8. The Morgan fingerprint density at radius 3 is 2.52 bits per heavy atom. The van der Waals surface area contributed by atoms with Crippen LogP contribution in [0.5, 0.6) is 0 Å². The van der Waals surface area contributed by atoms with Crippen LogP contribution in [0.1, 0.15) is 38.5 Å². The first-order valence-corrected chi connectivity index (χ1v) is 11.5. The van der Waals surface area contributed by atoms with Crippen molar-refractivity contribution in [1.29, 1.82) is 0 Å². The Morgan fingerprint density at radius 1 is 1.16 bits per heavy atom. The van der Waals surface area contributed by atoms with Gasteiger partial charge < -0.3 is 20.3 Å². The van der Waals surface area contributed by atoms with E-state index in [1.807, 2.05) is 13.1 Å². The highest BCUT2D eigenvalue weighted by atomic mass is 127. The summed E-state index contributed by atoms with van der Waals surface area (Å²) in [6.45, 7) is 6.86. The molecule has 3 aliphatic heterocycles. The second-order valence-electron chi connectivity index (χ2n) is 8.84. The van der Waals surface area contributed by atoms with Crippen LogP contribution in [-0.2, 0) is 4.74 Å². The van der Waals surface area contributed by atoms with E-state index >= 15 is 0 Å². The SMILES string of the molecule is CN=C(NCC1(N2CCCC2)CCOCC1)NC1CCN(c2cccc(F)c2)CC1.I. The van der Waals surface area contributed by atoms with Crippen LogP contribution in [0.2, 0.25) is 0 Å². The van der Waals surface area contributed by atoms with Crippen LogP contribution in [0.3, 0.4) is 0 Å². The Morgan fingerprint density at radius 2 is 1.87 bits per heavy atom. The molecule has 0 aliphatic carbocycles. The predicted octanol–water partition coefficient (Wildman–Crippen LogP) is 3.22. The van der Waals surface area contributed by atoms with Gasteiger partial charge in [0.05, 0.1) is 0 Å². The van der Waals surface area contributed by atoms with Gasteiger partial charge in [-0.1, -0.05) is 6.07 Å². The number of benzene rings is 1. The van der Waals surface area contributed by atoms with Crippen molar-refractivity contribution in [2.24, 2.45) is 4.99 Å².